The van der Waals surface area contributed by atoms with E-state index in [1.165, 1.54) is 18.4 Å². The lowest BCUT2D eigenvalue weighted by molar-refractivity contribution is 0.339. The molecule has 4 heteroatoms. The maximum Gasteiger partial charge on any atom is 0.141 e. The Morgan fingerprint density at radius 2 is 1.95 bits per heavy atom. The molecule has 2 heterocycles. The van der Waals surface area contributed by atoms with Crippen LogP contribution in [0.1, 0.15) is 41.4 Å². The summed E-state index contributed by atoms with van der Waals surface area (Å²) in [6, 6.07) is 8.10. The van der Waals surface area contributed by atoms with E-state index in [2.05, 4.69) is 11.1 Å². The van der Waals surface area contributed by atoms with Gasteiger partial charge in [-0.3, -0.25) is 0 Å². The SMILES string of the molecule is Clc1nc(C2COc3ccccc32)nc2c1CCCC2. The van der Waals surface area contributed by atoms with Gasteiger partial charge in [0.2, 0.25) is 0 Å². The first-order chi connectivity index (χ1) is 9.83. The summed E-state index contributed by atoms with van der Waals surface area (Å²) in [5.41, 5.74) is 3.45. The molecule has 0 fully saturated rings. The van der Waals surface area contributed by atoms with Gasteiger partial charge in [0.05, 0.1) is 5.92 Å². The third-order valence-corrected chi connectivity index (χ3v) is 4.47. The molecule has 1 aromatic carbocycles. The fourth-order valence-corrected chi connectivity index (χ4v) is 3.39. The lowest BCUT2D eigenvalue weighted by Gasteiger charge is -2.18. The number of rotatable bonds is 1. The van der Waals surface area contributed by atoms with Crippen molar-refractivity contribution in [2.75, 3.05) is 6.61 Å². The Balaban J connectivity index is 1.79. The Bertz CT molecular complexity index is 672. The zero-order valence-corrected chi connectivity index (χ0v) is 11.9. The summed E-state index contributed by atoms with van der Waals surface area (Å²) in [6.45, 7) is 0.606. The van der Waals surface area contributed by atoms with Gasteiger partial charge < -0.3 is 4.74 Å². The van der Waals surface area contributed by atoms with E-state index in [0.29, 0.717) is 11.8 Å². The van der Waals surface area contributed by atoms with Gasteiger partial charge in [0, 0.05) is 16.8 Å². The molecule has 0 radical (unpaired) electrons. The summed E-state index contributed by atoms with van der Waals surface area (Å²) in [5.74, 6) is 1.85. The summed E-state index contributed by atoms with van der Waals surface area (Å²) >= 11 is 6.36. The summed E-state index contributed by atoms with van der Waals surface area (Å²) in [5, 5.41) is 0.633. The average molecular weight is 287 g/mol. The number of benzene rings is 1. The number of halogens is 1. The van der Waals surface area contributed by atoms with Crippen LogP contribution in [0.5, 0.6) is 5.75 Å². The number of nitrogens with zero attached hydrogens (tertiary/aromatic N) is 2. The Morgan fingerprint density at radius 3 is 2.90 bits per heavy atom. The Labute approximate surface area is 123 Å². The van der Waals surface area contributed by atoms with E-state index >= 15 is 0 Å². The van der Waals surface area contributed by atoms with Crippen LogP contribution in [0.3, 0.4) is 0 Å². The van der Waals surface area contributed by atoms with Crippen LogP contribution in [0.25, 0.3) is 0 Å². The molecule has 0 N–H and O–H groups in total. The van der Waals surface area contributed by atoms with Gasteiger partial charge in [-0.1, -0.05) is 29.8 Å². The van der Waals surface area contributed by atoms with Gasteiger partial charge in [-0.25, -0.2) is 9.97 Å². The third-order valence-electron chi connectivity index (χ3n) is 4.16. The minimum atomic E-state index is 0.107. The Morgan fingerprint density at radius 1 is 1.10 bits per heavy atom. The van der Waals surface area contributed by atoms with E-state index in [1.54, 1.807) is 0 Å². The molecule has 1 aliphatic heterocycles. The number of aromatic nitrogens is 2. The van der Waals surface area contributed by atoms with E-state index in [0.717, 1.165) is 35.7 Å². The second kappa shape index (κ2) is 4.74. The second-order valence-electron chi connectivity index (χ2n) is 5.41. The highest BCUT2D eigenvalue weighted by Gasteiger charge is 2.29. The first-order valence-corrected chi connectivity index (χ1v) is 7.47. The molecule has 0 spiro atoms. The molecule has 0 saturated heterocycles. The molecule has 102 valence electrons. The summed E-state index contributed by atoms with van der Waals surface area (Å²) in [6.07, 6.45) is 4.40. The molecule has 1 aromatic heterocycles. The van der Waals surface area contributed by atoms with Gasteiger partial charge >= 0.3 is 0 Å². The maximum absolute atomic E-state index is 6.36. The number of hydrogen-bond donors (Lipinski definition) is 0. The molecular weight excluding hydrogens is 272 g/mol. The Hall–Kier alpha value is -1.61. The van der Waals surface area contributed by atoms with E-state index in [-0.39, 0.29) is 5.92 Å². The molecule has 4 rings (SSSR count). The van der Waals surface area contributed by atoms with Crippen molar-refractivity contribution in [3.05, 3.63) is 52.1 Å². The highest BCUT2D eigenvalue weighted by Crippen LogP contribution is 2.37. The molecule has 1 unspecified atom stereocenters. The molecule has 2 aromatic rings. The number of hydrogen-bond acceptors (Lipinski definition) is 3. The van der Waals surface area contributed by atoms with Gasteiger partial charge in [-0.2, -0.15) is 0 Å². The largest absolute Gasteiger partial charge is 0.492 e. The van der Waals surface area contributed by atoms with Crippen LogP contribution in [-0.2, 0) is 12.8 Å². The fourth-order valence-electron chi connectivity index (χ4n) is 3.10. The van der Waals surface area contributed by atoms with Crippen LogP contribution in [0.15, 0.2) is 24.3 Å². The highest BCUT2D eigenvalue weighted by molar-refractivity contribution is 6.30. The molecule has 0 amide bonds. The summed E-state index contributed by atoms with van der Waals surface area (Å²) in [7, 11) is 0. The van der Waals surface area contributed by atoms with Gasteiger partial charge in [0.25, 0.3) is 0 Å². The predicted molar refractivity (Wildman–Crippen MR) is 77.5 cm³/mol. The van der Waals surface area contributed by atoms with Crippen molar-refractivity contribution in [1.29, 1.82) is 0 Å². The fraction of sp³-hybridized carbons (Fsp3) is 0.375. The van der Waals surface area contributed by atoms with Gasteiger partial charge in [0.15, 0.2) is 0 Å². The molecular formula is C16H15ClN2O. The topological polar surface area (TPSA) is 35.0 Å². The first kappa shape index (κ1) is 12.2. The number of fused-ring (bicyclic) bond motifs is 2. The van der Waals surface area contributed by atoms with E-state index < -0.39 is 0 Å². The van der Waals surface area contributed by atoms with Crippen LogP contribution < -0.4 is 4.74 Å². The first-order valence-electron chi connectivity index (χ1n) is 7.10. The molecule has 2 aliphatic rings. The molecule has 1 atom stereocenters. The average Bonchev–Trinajstić information content (AvgIpc) is 2.91. The van der Waals surface area contributed by atoms with Crippen molar-refractivity contribution < 1.29 is 4.74 Å². The maximum atomic E-state index is 6.36. The zero-order valence-electron chi connectivity index (χ0n) is 11.1. The number of aryl methyl sites for hydroxylation is 1. The van der Waals surface area contributed by atoms with Gasteiger partial charge in [-0.05, 0) is 31.7 Å². The molecule has 20 heavy (non-hydrogen) atoms. The molecule has 0 bridgehead atoms. The van der Waals surface area contributed by atoms with E-state index in [4.69, 9.17) is 21.3 Å². The van der Waals surface area contributed by atoms with Crippen LogP contribution in [0.2, 0.25) is 5.15 Å². The second-order valence-corrected chi connectivity index (χ2v) is 5.76. The standard InChI is InChI=1S/C16H15ClN2O/c17-15-11-6-1-3-7-13(11)18-16(19-15)12-9-20-14-8-4-2-5-10(12)14/h2,4-5,8,12H,1,3,6-7,9H2. The lowest BCUT2D eigenvalue weighted by atomic mass is 9.96. The van der Waals surface area contributed by atoms with Crippen molar-refractivity contribution in [2.45, 2.75) is 31.6 Å². The summed E-state index contributed by atoms with van der Waals surface area (Å²) < 4.78 is 5.73. The van der Waals surface area contributed by atoms with Gasteiger partial charge in [-0.15, -0.1) is 0 Å². The van der Waals surface area contributed by atoms with Crippen molar-refractivity contribution in [1.82, 2.24) is 9.97 Å². The van der Waals surface area contributed by atoms with Crippen molar-refractivity contribution >= 4 is 11.6 Å². The van der Waals surface area contributed by atoms with Crippen molar-refractivity contribution in [3.63, 3.8) is 0 Å². The van der Waals surface area contributed by atoms with Crippen LogP contribution >= 0.6 is 11.6 Å². The Kier molecular flexibility index (Phi) is 2.88. The minimum Gasteiger partial charge on any atom is -0.492 e. The molecule has 3 nitrogen and oxygen atoms in total. The smallest absolute Gasteiger partial charge is 0.141 e. The normalized spacial score (nSPS) is 20.1. The lowest BCUT2D eigenvalue weighted by Crippen LogP contribution is -2.14. The van der Waals surface area contributed by atoms with Gasteiger partial charge in [0.1, 0.15) is 23.3 Å². The highest BCUT2D eigenvalue weighted by atomic mass is 35.5. The summed E-state index contributed by atoms with van der Waals surface area (Å²) in [4.78, 5) is 9.32. The zero-order chi connectivity index (χ0) is 13.5. The van der Waals surface area contributed by atoms with Crippen LogP contribution in [0, 0.1) is 0 Å². The molecule has 0 saturated carbocycles. The van der Waals surface area contributed by atoms with Crippen LogP contribution in [0.4, 0.5) is 0 Å². The van der Waals surface area contributed by atoms with E-state index in [9.17, 15) is 0 Å². The number of ether oxygens (including phenoxy) is 1. The van der Waals surface area contributed by atoms with E-state index in [1.807, 2.05) is 18.2 Å². The minimum absolute atomic E-state index is 0.107. The third kappa shape index (κ3) is 1.88. The quantitative estimate of drug-likeness (QED) is 0.752. The van der Waals surface area contributed by atoms with Crippen molar-refractivity contribution in [2.24, 2.45) is 0 Å². The number of para-hydroxylation sites is 1. The predicted octanol–water partition coefficient (Wildman–Crippen LogP) is 3.53. The molecule has 1 aliphatic carbocycles. The van der Waals surface area contributed by atoms with Crippen LogP contribution in [-0.4, -0.2) is 16.6 Å². The van der Waals surface area contributed by atoms with Crippen molar-refractivity contribution in [3.8, 4) is 5.75 Å². The monoisotopic (exact) mass is 286 g/mol.